The van der Waals surface area contributed by atoms with Gasteiger partial charge in [-0.1, -0.05) is 34.9 Å². The lowest BCUT2D eigenvalue weighted by Crippen LogP contribution is -2.31. The Morgan fingerprint density at radius 3 is 2.52 bits per heavy atom. The first-order chi connectivity index (χ1) is 13.0. The molecular formula is C19H18N6O2. The number of benzene rings is 2. The minimum atomic E-state index is -0.512. The van der Waals surface area contributed by atoms with Gasteiger partial charge in [0.1, 0.15) is 11.8 Å². The molecule has 1 aromatic heterocycles. The quantitative estimate of drug-likeness (QED) is 0.661. The van der Waals surface area contributed by atoms with Crippen molar-refractivity contribution in [3.63, 3.8) is 0 Å². The van der Waals surface area contributed by atoms with Gasteiger partial charge < -0.3 is 15.7 Å². The minimum absolute atomic E-state index is 0.149. The van der Waals surface area contributed by atoms with E-state index in [2.05, 4.69) is 26.2 Å². The molecule has 1 unspecified atom stereocenters. The van der Waals surface area contributed by atoms with Gasteiger partial charge in [0.25, 0.3) is 5.91 Å². The van der Waals surface area contributed by atoms with Crippen molar-refractivity contribution in [1.82, 2.24) is 20.2 Å². The molecule has 8 nitrogen and oxygen atoms in total. The summed E-state index contributed by atoms with van der Waals surface area (Å²) in [7, 11) is 0. The normalized spacial score (nSPS) is 15.9. The zero-order valence-electron chi connectivity index (χ0n) is 14.8. The van der Waals surface area contributed by atoms with E-state index in [9.17, 15) is 9.90 Å². The average molecular weight is 362 g/mol. The second kappa shape index (κ2) is 6.56. The molecule has 0 saturated carbocycles. The Morgan fingerprint density at radius 1 is 1.11 bits per heavy atom. The number of carbonyl (C=O) groups excluding carboxylic acids is 1. The van der Waals surface area contributed by atoms with Crippen LogP contribution in [0, 0.1) is 6.92 Å². The predicted octanol–water partition coefficient (Wildman–Crippen LogP) is 2.61. The zero-order valence-corrected chi connectivity index (χ0v) is 14.8. The molecule has 3 aromatic rings. The van der Waals surface area contributed by atoms with Gasteiger partial charge in [-0.25, -0.2) is 0 Å². The fourth-order valence-corrected chi connectivity index (χ4v) is 3.11. The van der Waals surface area contributed by atoms with E-state index >= 15 is 0 Å². The highest BCUT2D eigenvalue weighted by Crippen LogP contribution is 2.35. The van der Waals surface area contributed by atoms with Crippen LogP contribution >= 0.6 is 0 Å². The summed E-state index contributed by atoms with van der Waals surface area (Å²) >= 11 is 0. The number of allylic oxidation sites excluding steroid dienone is 1. The number of aromatic hydroxyl groups is 1. The number of anilines is 2. The van der Waals surface area contributed by atoms with Crippen molar-refractivity contribution in [3.8, 4) is 5.75 Å². The third kappa shape index (κ3) is 3.12. The molecule has 1 aliphatic heterocycles. The molecule has 2 heterocycles. The Morgan fingerprint density at radius 2 is 1.81 bits per heavy atom. The number of tetrazole rings is 1. The Balaban J connectivity index is 1.74. The number of carbonyl (C=O) groups is 1. The number of aromatic nitrogens is 4. The molecule has 27 heavy (non-hydrogen) atoms. The number of aryl methyl sites for hydroxylation is 1. The molecule has 0 spiro atoms. The molecule has 8 heteroatoms. The van der Waals surface area contributed by atoms with E-state index in [-0.39, 0.29) is 11.7 Å². The van der Waals surface area contributed by atoms with E-state index in [0.29, 0.717) is 22.9 Å². The van der Waals surface area contributed by atoms with Crippen molar-refractivity contribution < 1.29 is 9.90 Å². The Labute approximate surface area is 155 Å². The molecule has 0 aliphatic carbocycles. The Kier molecular flexibility index (Phi) is 4.08. The van der Waals surface area contributed by atoms with Crippen molar-refractivity contribution in [2.75, 3.05) is 10.6 Å². The lowest BCUT2D eigenvalue weighted by atomic mass is 9.95. The minimum Gasteiger partial charge on any atom is -0.508 e. The van der Waals surface area contributed by atoms with Crippen molar-refractivity contribution >= 4 is 17.5 Å². The van der Waals surface area contributed by atoms with Crippen LogP contribution in [-0.4, -0.2) is 31.2 Å². The van der Waals surface area contributed by atoms with Gasteiger partial charge in [-0.2, -0.15) is 4.68 Å². The monoisotopic (exact) mass is 362 g/mol. The maximum Gasteiger partial charge on any atom is 0.255 e. The third-order valence-electron chi connectivity index (χ3n) is 4.48. The molecule has 4 rings (SSSR count). The topological polar surface area (TPSA) is 105 Å². The number of rotatable bonds is 3. The van der Waals surface area contributed by atoms with Crippen LogP contribution in [0.4, 0.5) is 11.6 Å². The molecule has 0 fully saturated rings. The molecule has 1 aliphatic rings. The molecule has 0 radical (unpaired) electrons. The van der Waals surface area contributed by atoms with Gasteiger partial charge in [-0.05, 0) is 54.1 Å². The fourth-order valence-electron chi connectivity index (χ4n) is 3.11. The van der Waals surface area contributed by atoms with E-state index in [0.717, 1.165) is 11.1 Å². The predicted molar refractivity (Wildman–Crippen MR) is 100 cm³/mol. The van der Waals surface area contributed by atoms with Gasteiger partial charge in [0, 0.05) is 11.4 Å². The van der Waals surface area contributed by atoms with Crippen molar-refractivity contribution in [2.24, 2.45) is 0 Å². The van der Waals surface area contributed by atoms with Gasteiger partial charge in [0.2, 0.25) is 5.95 Å². The van der Waals surface area contributed by atoms with Crippen LogP contribution in [0.2, 0.25) is 0 Å². The molecule has 1 amide bonds. The van der Waals surface area contributed by atoms with Gasteiger partial charge in [-0.15, -0.1) is 0 Å². The fraction of sp³-hybridized carbons (Fsp3) is 0.158. The number of phenolic OH excluding ortho intramolecular Hbond substituents is 1. The lowest BCUT2D eigenvalue weighted by molar-refractivity contribution is -0.113. The van der Waals surface area contributed by atoms with Gasteiger partial charge in [0.05, 0.1) is 5.57 Å². The maximum absolute atomic E-state index is 13.1. The van der Waals surface area contributed by atoms with Crippen LogP contribution in [0.1, 0.15) is 24.1 Å². The third-order valence-corrected chi connectivity index (χ3v) is 4.48. The highest BCUT2D eigenvalue weighted by Gasteiger charge is 2.34. The summed E-state index contributed by atoms with van der Waals surface area (Å²) in [6, 6.07) is 13.7. The van der Waals surface area contributed by atoms with E-state index in [1.54, 1.807) is 28.9 Å². The van der Waals surface area contributed by atoms with Crippen LogP contribution in [0.15, 0.2) is 59.8 Å². The summed E-state index contributed by atoms with van der Waals surface area (Å²) in [6.07, 6.45) is 0. The number of fused-ring (bicyclic) bond motifs is 1. The summed E-state index contributed by atoms with van der Waals surface area (Å²) in [6.45, 7) is 3.80. The average Bonchev–Trinajstić information content (AvgIpc) is 3.11. The number of hydrogen-bond donors (Lipinski definition) is 3. The second-order valence-electron chi connectivity index (χ2n) is 6.42. The van der Waals surface area contributed by atoms with Crippen molar-refractivity contribution in [1.29, 1.82) is 0 Å². The highest BCUT2D eigenvalue weighted by molar-refractivity contribution is 6.06. The van der Waals surface area contributed by atoms with Crippen LogP contribution in [-0.2, 0) is 4.79 Å². The number of hydrogen-bond acceptors (Lipinski definition) is 6. The van der Waals surface area contributed by atoms with Crippen molar-refractivity contribution in [3.05, 3.63) is 70.9 Å². The molecule has 2 aromatic carbocycles. The first kappa shape index (κ1) is 16.8. The zero-order chi connectivity index (χ0) is 19.0. The SMILES string of the molecule is CC1=C(C(=O)Nc2ccc(C)cc2)C(c2ccc(O)cc2)n2nnnc2N1. The van der Waals surface area contributed by atoms with Crippen LogP contribution in [0.5, 0.6) is 5.75 Å². The molecular weight excluding hydrogens is 344 g/mol. The first-order valence-corrected chi connectivity index (χ1v) is 8.45. The smallest absolute Gasteiger partial charge is 0.255 e. The number of phenols is 1. The van der Waals surface area contributed by atoms with E-state index in [1.165, 1.54) is 0 Å². The summed E-state index contributed by atoms with van der Waals surface area (Å²) in [5.41, 5.74) is 3.78. The number of nitrogens with zero attached hydrogens (tertiary/aromatic N) is 4. The first-order valence-electron chi connectivity index (χ1n) is 8.45. The van der Waals surface area contributed by atoms with Crippen LogP contribution in [0.25, 0.3) is 0 Å². The molecule has 0 saturated heterocycles. The number of amides is 1. The summed E-state index contributed by atoms with van der Waals surface area (Å²) in [4.78, 5) is 13.1. The summed E-state index contributed by atoms with van der Waals surface area (Å²) in [5.74, 6) is 0.358. The van der Waals surface area contributed by atoms with E-state index in [1.807, 2.05) is 38.1 Å². The van der Waals surface area contributed by atoms with Crippen LogP contribution < -0.4 is 10.6 Å². The van der Waals surface area contributed by atoms with Gasteiger partial charge >= 0.3 is 0 Å². The van der Waals surface area contributed by atoms with E-state index < -0.39 is 6.04 Å². The Bertz CT molecular complexity index is 1020. The van der Waals surface area contributed by atoms with Crippen LogP contribution in [0.3, 0.4) is 0 Å². The standard InChI is InChI=1S/C19H18N6O2/c1-11-3-7-14(8-4-11)21-18(27)16-12(2)20-19-22-23-24-25(19)17(16)13-5-9-15(26)10-6-13/h3-10,17,26H,1-2H3,(H,21,27)(H,20,22,24). The molecule has 0 bridgehead atoms. The van der Waals surface area contributed by atoms with E-state index in [4.69, 9.17) is 0 Å². The largest absolute Gasteiger partial charge is 0.508 e. The van der Waals surface area contributed by atoms with Crippen molar-refractivity contribution in [2.45, 2.75) is 19.9 Å². The molecule has 1 atom stereocenters. The summed E-state index contributed by atoms with van der Waals surface area (Å²) in [5, 5.41) is 27.3. The molecule has 136 valence electrons. The maximum atomic E-state index is 13.1. The Hall–Kier alpha value is -3.68. The van der Waals surface area contributed by atoms with Gasteiger partial charge in [-0.3, -0.25) is 4.79 Å². The van der Waals surface area contributed by atoms with Gasteiger partial charge in [0.15, 0.2) is 0 Å². The second-order valence-corrected chi connectivity index (χ2v) is 6.42. The summed E-state index contributed by atoms with van der Waals surface area (Å²) < 4.78 is 1.56. The molecule has 3 N–H and O–H groups in total. The lowest BCUT2D eigenvalue weighted by Gasteiger charge is -2.28. The highest BCUT2D eigenvalue weighted by atomic mass is 16.3. The number of nitrogens with one attached hydrogen (secondary N) is 2.